The van der Waals surface area contributed by atoms with Crippen LogP contribution in [-0.2, 0) is 4.79 Å². The summed E-state index contributed by atoms with van der Waals surface area (Å²) in [6, 6.07) is 8.16. The van der Waals surface area contributed by atoms with Crippen LogP contribution in [-0.4, -0.2) is 42.1 Å². The Morgan fingerprint density at radius 1 is 1.36 bits per heavy atom. The zero-order valence-corrected chi connectivity index (χ0v) is 13.6. The quantitative estimate of drug-likeness (QED) is 0.933. The van der Waals surface area contributed by atoms with Gasteiger partial charge in [0, 0.05) is 18.1 Å². The largest absolute Gasteiger partial charge is 0.484 e. The van der Waals surface area contributed by atoms with E-state index >= 15 is 0 Å². The second-order valence-electron chi connectivity index (χ2n) is 6.79. The Kier molecular flexibility index (Phi) is 4.39. The molecule has 2 atom stereocenters. The molecular weight excluding hydrogens is 276 g/mol. The Labute approximate surface area is 132 Å². The highest BCUT2D eigenvalue weighted by atomic mass is 16.5. The van der Waals surface area contributed by atoms with Crippen molar-refractivity contribution in [3.8, 4) is 5.75 Å². The van der Waals surface area contributed by atoms with Crippen LogP contribution in [0.2, 0.25) is 0 Å². The van der Waals surface area contributed by atoms with Crippen LogP contribution >= 0.6 is 0 Å². The maximum absolute atomic E-state index is 12.6. The number of rotatable bonds is 3. The van der Waals surface area contributed by atoms with Crippen molar-refractivity contribution in [3.63, 3.8) is 0 Å². The van der Waals surface area contributed by atoms with Gasteiger partial charge in [-0.25, -0.2) is 0 Å². The lowest BCUT2D eigenvalue weighted by atomic mass is 9.78. The van der Waals surface area contributed by atoms with Crippen molar-refractivity contribution in [2.75, 3.05) is 19.7 Å². The predicted octanol–water partition coefficient (Wildman–Crippen LogP) is 2.51. The fourth-order valence-corrected chi connectivity index (χ4v) is 3.79. The highest BCUT2D eigenvalue weighted by Crippen LogP contribution is 2.33. The summed E-state index contributed by atoms with van der Waals surface area (Å²) < 4.78 is 5.68. The molecule has 2 fully saturated rings. The number of nitrogens with one attached hydrogen (secondary N) is 1. The lowest BCUT2D eigenvalue weighted by molar-refractivity contribution is -0.140. The van der Waals surface area contributed by atoms with Gasteiger partial charge in [-0.2, -0.15) is 0 Å². The number of hydrogen-bond donors (Lipinski definition) is 1. The van der Waals surface area contributed by atoms with Gasteiger partial charge in [0.25, 0.3) is 5.91 Å². The number of aryl methyl sites for hydroxylation is 1. The van der Waals surface area contributed by atoms with E-state index in [1.54, 1.807) is 0 Å². The van der Waals surface area contributed by atoms with Gasteiger partial charge in [0.1, 0.15) is 5.75 Å². The lowest BCUT2D eigenvalue weighted by Crippen LogP contribution is -2.66. The summed E-state index contributed by atoms with van der Waals surface area (Å²) in [5.74, 6) is 0.876. The van der Waals surface area contributed by atoms with E-state index in [9.17, 15) is 4.79 Å². The summed E-state index contributed by atoms with van der Waals surface area (Å²) >= 11 is 0. The first-order chi connectivity index (χ1) is 10.6. The van der Waals surface area contributed by atoms with E-state index in [4.69, 9.17) is 4.74 Å². The van der Waals surface area contributed by atoms with Gasteiger partial charge >= 0.3 is 0 Å². The summed E-state index contributed by atoms with van der Waals surface area (Å²) in [4.78, 5) is 14.7. The van der Waals surface area contributed by atoms with E-state index in [0.717, 1.165) is 44.5 Å². The molecule has 0 unspecified atom stereocenters. The van der Waals surface area contributed by atoms with Crippen molar-refractivity contribution in [1.82, 2.24) is 10.2 Å². The van der Waals surface area contributed by atoms with Crippen LogP contribution in [0.25, 0.3) is 0 Å². The van der Waals surface area contributed by atoms with Gasteiger partial charge in [0.2, 0.25) is 0 Å². The van der Waals surface area contributed by atoms with Gasteiger partial charge in [-0.15, -0.1) is 0 Å². The maximum Gasteiger partial charge on any atom is 0.260 e. The van der Waals surface area contributed by atoms with Gasteiger partial charge in [0.15, 0.2) is 6.61 Å². The molecule has 1 N–H and O–H groups in total. The zero-order valence-electron chi connectivity index (χ0n) is 13.6. The van der Waals surface area contributed by atoms with Crippen LogP contribution in [0, 0.1) is 6.92 Å². The first kappa shape index (κ1) is 15.3. The first-order valence-electron chi connectivity index (χ1n) is 8.32. The van der Waals surface area contributed by atoms with Crippen LogP contribution in [0.15, 0.2) is 24.3 Å². The third-order valence-electron chi connectivity index (χ3n) is 5.09. The minimum Gasteiger partial charge on any atom is -0.484 e. The standard InChI is InChI=1S/C18H26N2O2/c1-14-6-8-15(9-7-14)22-13-17(21)20-12-4-10-18(2)16(20)5-3-11-19-18/h6-9,16,19H,3-5,10-13H2,1-2H3/t16-,18+/m1/s1. The van der Waals surface area contributed by atoms with Gasteiger partial charge < -0.3 is 15.0 Å². The summed E-state index contributed by atoms with van der Waals surface area (Å²) in [6.45, 7) is 6.36. The number of carbonyl (C=O) groups is 1. The molecule has 0 radical (unpaired) electrons. The zero-order chi connectivity index (χ0) is 15.6. The first-order valence-corrected chi connectivity index (χ1v) is 8.32. The molecule has 2 aliphatic heterocycles. The fraction of sp³-hybridized carbons (Fsp3) is 0.611. The Morgan fingerprint density at radius 3 is 2.91 bits per heavy atom. The van der Waals surface area contributed by atoms with E-state index in [1.807, 2.05) is 36.1 Å². The summed E-state index contributed by atoms with van der Waals surface area (Å²) in [7, 11) is 0. The third-order valence-corrected chi connectivity index (χ3v) is 5.09. The molecule has 2 saturated heterocycles. The minimum absolute atomic E-state index is 0.0794. The average molecular weight is 302 g/mol. The average Bonchev–Trinajstić information content (AvgIpc) is 2.52. The van der Waals surface area contributed by atoms with Crippen LogP contribution < -0.4 is 10.1 Å². The molecule has 0 spiro atoms. The van der Waals surface area contributed by atoms with Crippen molar-refractivity contribution in [2.45, 2.75) is 51.1 Å². The number of likely N-dealkylation sites (tertiary alicyclic amines) is 1. The molecule has 2 aliphatic rings. The molecule has 0 saturated carbocycles. The van der Waals surface area contributed by atoms with E-state index in [0.29, 0.717) is 6.04 Å². The monoisotopic (exact) mass is 302 g/mol. The van der Waals surface area contributed by atoms with Crippen molar-refractivity contribution in [3.05, 3.63) is 29.8 Å². The molecule has 1 amide bonds. The van der Waals surface area contributed by atoms with E-state index < -0.39 is 0 Å². The molecule has 120 valence electrons. The smallest absolute Gasteiger partial charge is 0.260 e. The molecule has 2 heterocycles. The lowest BCUT2D eigenvalue weighted by Gasteiger charge is -2.51. The molecule has 4 nitrogen and oxygen atoms in total. The number of ether oxygens (including phenoxy) is 1. The number of carbonyl (C=O) groups excluding carboxylic acids is 1. The number of hydrogen-bond acceptors (Lipinski definition) is 3. The second kappa shape index (κ2) is 6.29. The minimum atomic E-state index is 0.0794. The highest BCUT2D eigenvalue weighted by molar-refractivity contribution is 5.78. The fourth-order valence-electron chi connectivity index (χ4n) is 3.79. The predicted molar refractivity (Wildman–Crippen MR) is 87.1 cm³/mol. The van der Waals surface area contributed by atoms with E-state index in [1.165, 1.54) is 5.56 Å². The van der Waals surface area contributed by atoms with E-state index in [2.05, 4.69) is 12.2 Å². The topological polar surface area (TPSA) is 41.6 Å². The molecule has 0 bridgehead atoms. The molecular formula is C18H26N2O2. The van der Waals surface area contributed by atoms with Gasteiger partial charge in [-0.05, 0) is 58.2 Å². The molecule has 0 aliphatic carbocycles. The molecule has 3 rings (SSSR count). The Hall–Kier alpha value is -1.55. The maximum atomic E-state index is 12.6. The van der Waals surface area contributed by atoms with E-state index in [-0.39, 0.29) is 18.1 Å². The number of piperidine rings is 2. The van der Waals surface area contributed by atoms with Gasteiger partial charge in [-0.3, -0.25) is 4.79 Å². The Balaban J connectivity index is 1.62. The van der Waals surface area contributed by atoms with Crippen molar-refractivity contribution in [1.29, 1.82) is 0 Å². The number of amides is 1. The number of fused-ring (bicyclic) bond motifs is 1. The summed E-state index contributed by atoms with van der Waals surface area (Å²) in [5.41, 5.74) is 1.27. The molecule has 0 aromatic heterocycles. The SMILES string of the molecule is Cc1ccc(OCC(=O)N2CCC[C@]3(C)NCCC[C@@H]23)cc1. The van der Waals surface area contributed by atoms with Crippen molar-refractivity contribution >= 4 is 5.91 Å². The van der Waals surface area contributed by atoms with Crippen LogP contribution in [0.1, 0.15) is 38.2 Å². The normalized spacial score (nSPS) is 28.1. The summed E-state index contributed by atoms with van der Waals surface area (Å²) in [6.07, 6.45) is 4.46. The molecule has 4 heteroatoms. The van der Waals surface area contributed by atoms with Crippen molar-refractivity contribution < 1.29 is 9.53 Å². The molecule has 1 aromatic rings. The molecule has 1 aromatic carbocycles. The highest BCUT2D eigenvalue weighted by Gasteiger charge is 2.43. The number of benzene rings is 1. The third kappa shape index (κ3) is 3.12. The van der Waals surface area contributed by atoms with Crippen LogP contribution in [0.5, 0.6) is 5.75 Å². The van der Waals surface area contributed by atoms with Gasteiger partial charge in [-0.1, -0.05) is 17.7 Å². The second-order valence-corrected chi connectivity index (χ2v) is 6.79. The van der Waals surface area contributed by atoms with Gasteiger partial charge in [0.05, 0.1) is 0 Å². The molecule has 22 heavy (non-hydrogen) atoms. The van der Waals surface area contributed by atoms with Crippen LogP contribution in [0.3, 0.4) is 0 Å². The Morgan fingerprint density at radius 2 is 2.14 bits per heavy atom. The van der Waals surface area contributed by atoms with Crippen molar-refractivity contribution in [2.24, 2.45) is 0 Å². The number of nitrogens with zero attached hydrogens (tertiary/aromatic N) is 1. The summed E-state index contributed by atoms with van der Waals surface area (Å²) in [5, 5.41) is 3.63. The van der Waals surface area contributed by atoms with Crippen LogP contribution in [0.4, 0.5) is 0 Å². The Bertz CT molecular complexity index is 524.